The van der Waals surface area contributed by atoms with E-state index < -0.39 is 0 Å². The molecule has 0 saturated heterocycles. The predicted octanol–water partition coefficient (Wildman–Crippen LogP) is 6.25. The zero-order chi connectivity index (χ0) is 26.2. The van der Waals surface area contributed by atoms with Gasteiger partial charge < -0.3 is 14.6 Å². The van der Waals surface area contributed by atoms with E-state index in [1.165, 1.54) is 11.1 Å². The van der Waals surface area contributed by atoms with E-state index in [1.807, 2.05) is 60.7 Å². The Morgan fingerprint density at radius 2 is 1.50 bits per heavy atom. The normalized spacial score (nSPS) is 11.0. The molecule has 0 aliphatic rings. The molecule has 5 aromatic rings. The molecule has 192 valence electrons. The van der Waals surface area contributed by atoms with Gasteiger partial charge in [0, 0.05) is 13.0 Å². The van der Waals surface area contributed by atoms with Crippen molar-refractivity contribution < 1.29 is 9.53 Å². The van der Waals surface area contributed by atoms with Crippen molar-refractivity contribution >= 4 is 16.9 Å². The first-order valence-electron chi connectivity index (χ1n) is 13.3. The number of aryl methyl sites for hydroxylation is 1. The average Bonchev–Trinajstić information content (AvgIpc) is 3.31. The molecular formula is C33H33N3O2. The Bertz CT molecular complexity index is 1470. The van der Waals surface area contributed by atoms with E-state index in [0.29, 0.717) is 32.5 Å². The molecule has 0 aliphatic heterocycles. The third kappa shape index (κ3) is 6.30. The van der Waals surface area contributed by atoms with Crippen LogP contribution in [0, 0.1) is 0 Å². The van der Waals surface area contributed by atoms with E-state index in [0.717, 1.165) is 40.2 Å². The summed E-state index contributed by atoms with van der Waals surface area (Å²) in [7, 11) is 0. The van der Waals surface area contributed by atoms with E-state index in [1.54, 1.807) is 0 Å². The van der Waals surface area contributed by atoms with Gasteiger partial charge in [-0.2, -0.15) is 0 Å². The van der Waals surface area contributed by atoms with Crippen LogP contribution in [-0.4, -0.2) is 28.6 Å². The van der Waals surface area contributed by atoms with Crippen LogP contribution < -0.4 is 10.1 Å². The number of ether oxygens (including phenoxy) is 1. The number of rotatable bonds is 11. The van der Waals surface area contributed by atoms with E-state index in [2.05, 4.69) is 59.3 Å². The smallest absolute Gasteiger partial charge is 0.224 e. The van der Waals surface area contributed by atoms with E-state index in [-0.39, 0.29) is 5.91 Å². The summed E-state index contributed by atoms with van der Waals surface area (Å²) < 4.78 is 8.21. The van der Waals surface area contributed by atoms with Crippen molar-refractivity contribution in [2.45, 2.75) is 32.7 Å². The quantitative estimate of drug-likeness (QED) is 0.232. The molecule has 0 fully saturated rings. The number of imidazole rings is 1. The molecule has 1 amide bonds. The second-order valence-corrected chi connectivity index (χ2v) is 9.35. The number of fused-ring (bicyclic) bond motifs is 1. The van der Waals surface area contributed by atoms with Crippen LogP contribution in [0.1, 0.15) is 23.9 Å². The standard InChI is InChI=1S/C33H33N3O2/c1-2-25-14-18-29(19-15-25)38-23-22-36-31-11-7-6-10-30(31)35-32(36)20-21-34-33(37)24-26-12-16-28(17-13-26)27-8-4-3-5-9-27/h3-19H,2,20-24H2,1H3,(H,34,37). The van der Waals surface area contributed by atoms with Crippen LogP contribution in [0.5, 0.6) is 5.75 Å². The molecule has 5 nitrogen and oxygen atoms in total. The summed E-state index contributed by atoms with van der Waals surface area (Å²) in [6.07, 6.45) is 2.02. The van der Waals surface area contributed by atoms with Crippen molar-refractivity contribution in [3.8, 4) is 16.9 Å². The summed E-state index contributed by atoms with van der Waals surface area (Å²) in [5.74, 6) is 1.83. The number of nitrogens with zero attached hydrogens (tertiary/aromatic N) is 2. The first kappa shape index (κ1) is 25.3. The molecule has 1 N–H and O–H groups in total. The van der Waals surface area contributed by atoms with Crippen molar-refractivity contribution in [2.75, 3.05) is 13.2 Å². The minimum Gasteiger partial charge on any atom is -0.492 e. The summed E-state index contributed by atoms with van der Waals surface area (Å²) in [4.78, 5) is 17.5. The molecule has 0 aliphatic carbocycles. The lowest BCUT2D eigenvalue weighted by molar-refractivity contribution is -0.120. The Balaban J connectivity index is 1.16. The van der Waals surface area contributed by atoms with Gasteiger partial charge in [-0.1, -0.05) is 85.8 Å². The summed E-state index contributed by atoms with van der Waals surface area (Å²) in [6.45, 7) is 3.91. The molecule has 38 heavy (non-hydrogen) atoms. The van der Waals surface area contributed by atoms with Crippen LogP contribution in [0.4, 0.5) is 0 Å². The van der Waals surface area contributed by atoms with Gasteiger partial charge in [-0.3, -0.25) is 4.79 Å². The first-order chi connectivity index (χ1) is 18.7. The minimum atomic E-state index is 0.0129. The molecule has 0 radical (unpaired) electrons. The summed E-state index contributed by atoms with van der Waals surface area (Å²) in [5.41, 5.74) is 6.66. The summed E-state index contributed by atoms with van der Waals surface area (Å²) in [6, 6.07) is 34.8. The number of hydrogen-bond donors (Lipinski definition) is 1. The number of para-hydroxylation sites is 2. The van der Waals surface area contributed by atoms with Gasteiger partial charge in [0.15, 0.2) is 0 Å². The number of aromatic nitrogens is 2. The highest BCUT2D eigenvalue weighted by Crippen LogP contribution is 2.20. The number of nitrogens with one attached hydrogen (secondary N) is 1. The van der Waals surface area contributed by atoms with Gasteiger partial charge >= 0.3 is 0 Å². The number of hydrogen-bond acceptors (Lipinski definition) is 3. The molecule has 0 atom stereocenters. The van der Waals surface area contributed by atoms with Crippen LogP contribution in [0.2, 0.25) is 0 Å². The van der Waals surface area contributed by atoms with Crippen molar-refractivity contribution in [1.29, 1.82) is 0 Å². The van der Waals surface area contributed by atoms with Gasteiger partial charge in [0.25, 0.3) is 0 Å². The molecule has 5 rings (SSSR count). The van der Waals surface area contributed by atoms with Crippen LogP contribution in [0.15, 0.2) is 103 Å². The minimum absolute atomic E-state index is 0.0129. The molecular weight excluding hydrogens is 470 g/mol. The summed E-state index contributed by atoms with van der Waals surface area (Å²) >= 11 is 0. The second-order valence-electron chi connectivity index (χ2n) is 9.35. The van der Waals surface area contributed by atoms with Crippen molar-refractivity contribution in [1.82, 2.24) is 14.9 Å². The fraction of sp³-hybridized carbons (Fsp3) is 0.212. The maximum Gasteiger partial charge on any atom is 0.224 e. The molecule has 4 aromatic carbocycles. The number of amides is 1. The van der Waals surface area contributed by atoms with Crippen LogP contribution in [0.3, 0.4) is 0 Å². The lowest BCUT2D eigenvalue weighted by Gasteiger charge is -2.12. The van der Waals surface area contributed by atoms with Gasteiger partial charge in [0.1, 0.15) is 18.2 Å². The zero-order valence-electron chi connectivity index (χ0n) is 21.8. The SMILES string of the molecule is CCc1ccc(OCCn2c(CCNC(=O)Cc3ccc(-c4ccccc4)cc3)nc3ccccc32)cc1. The largest absolute Gasteiger partial charge is 0.492 e. The second kappa shape index (κ2) is 12.2. The first-order valence-corrected chi connectivity index (χ1v) is 13.3. The van der Waals surface area contributed by atoms with E-state index >= 15 is 0 Å². The maximum absolute atomic E-state index is 12.6. The lowest BCUT2D eigenvalue weighted by Crippen LogP contribution is -2.28. The maximum atomic E-state index is 12.6. The summed E-state index contributed by atoms with van der Waals surface area (Å²) in [5, 5.41) is 3.07. The molecule has 0 bridgehead atoms. The molecule has 1 aromatic heterocycles. The fourth-order valence-corrected chi connectivity index (χ4v) is 4.65. The highest BCUT2D eigenvalue weighted by molar-refractivity contribution is 5.79. The molecule has 1 heterocycles. The monoisotopic (exact) mass is 503 g/mol. The molecule has 5 heteroatoms. The molecule has 0 saturated carbocycles. The number of carbonyl (C=O) groups is 1. The zero-order valence-corrected chi connectivity index (χ0v) is 21.8. The van der Waals surface area contributed by atoms with Crippen molar-refractivity contribution in [3.63, 3.8) is 0 Å². The fourth-order valence-electron chi connectivity index (χ4n) is 4.65. The van der Waals surface area contributed by atoms with Crippen molar-refractivity contribution in [3.05, 3.63) is 120 Å². The van der Waals surface area contributed by atoms with Gasteiger partial charge in [0.2, 0.25) is 5.91 Å². The molecule has 0 unspecified atom stereocenters. The Morgan fingerprint density at radius 1 is 0.816 bits per heavy atom. The highest BCUT2D eigenvalue weighted by Gasteiger charge is 2.12. The topological polar surface area (TPSA) is 56.1 Å². The predicted molar refractivity (Wildman–Crippen MR) is 153 cm³/mol. The third-order valence-corrected chi connectivity index (χ3v) is 6.75. The number of carbonyl (C=O) groups excluding carboxylic acids is 1. The van der Waals surface area contributed by atoms with Gasteiger partial charge in [-0.15, -0.1) is 0 Å². The third-order valence-electron chi connectivity index (χ3n) is 6.75. The average molecular weight is 504 g/mol. The number of benzene rings is 4. The van der Waals surface area contributed by atoms with E-state index in [9.17, 15) is 4.79 Å². The molecule has 0 spiro atoms. The van der Waals surface area contributed by atoms with Crippen molar-refractivity contribution in [2.24, 2.45) is 0 Å². The van der Waals surface area contributed by atoms with Gasteiger partial charge in [-0.25, -0.2) is 4.98 Å². The Kier molecular flexibility index (Phi) is 8.14. The van der Waals surface area contributed by atoms with Gasteiger partial charge in [0.05, 0.1) is 24.0 Å². The van der Waals surface area contributed by atoms with Crippen LogP contribution in [0.25, 0.3) is 22.2 Å². The lowest BCUT2D eigenvalue weighted by atomic mass is 10.0. The van der Waals surface area contributed by atoms with Gasteiger partial charge in [-0.05, 0) is 52.9 Å². The highest BCUT2D eigenvalue weighted by atomic mass is 16.5. The van der Waals surface area contributed by atoms with Crippen LogP contribution in [-0.2, 0) is 30.6 Å². The Morgan fingerprint density at radius 3 is 2.26 bits per heavy atom. The van der Waals surface area contributed by atoms with Crippen LogP contribution >= 0.6 is 0 Å². The Labute approximate surface area is 224 Å². The Hall–Kier alpha value is -4.38. The van der Waals surface area contributed by atoms with E-state index in [4.69, 9.17) is 9.72 Å².